The fraction of sp³-hybridized carbons (Fsp3) is 0.632. The molecule has 0 aromatic carbocycles. The molecule has 0 radical (unpaired) electrons. The van der Waals surface area contributed by atoms with Gasteiger partial charge in [0.1, 0.15) is 5.82 Å². The van der Waals surface area contributed by atoms with Gasteiger partial charge in [0.05, 0.1) is 5.25 Å². The van der Waals surface area contributed by atoms with Crippen LogP contribution in [0.4, 0.5) is 0 Å². The number of aromatic nitrogens is 3. The van der Waals surface area contributed by atoms with Crippen molar-refractivity contribution < 1.29 is 4.79 Å². The van der Waals surface area contributed by atoms with Gasteiger partial charge in [0.25, 0.3) is 0 Å². The Balaban J connectivity index is 1.77. The summed E-state index contributed by atoms with van der Waals surface area (Å²) >= 11 is 3.29. The average Bonchev–Trinajstić information content (AvgIpc) is 3.12. The van der Waals surface area contributed by atoms with Crippen LogP contribution < -0.4 is 0 Å². The molecule has 5 nitrogen and oxygen atoms in total. The van der Waals surface area contributed by atoms with Crippen molar-refractivity contribution in [3.63, 3.8) is 0 Å². The lowest BCUT2D eigenvalue weighted by molar-refractivity contribution is -0.133. The van der Waals surface area contributed by atoms with E-state index in [0.717, 1.165) is 17.4 Å². The van der Waals surface area contributed by atoms with Gasteiger partial charge in [-0.2, -0.15) is 0 Å². The van der Waals surface area contributed by atoms with Crippen molar-refractivity contribution in [2.45, 2.75) is 82.4 Å². The Labute approximate surface area is 164 Å². The normalized spacial score (nSPS) is 15.7. The van der Waals surface area contributed by atoms with Crippen LogP contribution in [0.2, 0.25) is 0 Å². The molecule has 0 N–H and O–H groups in total. The molecule has 2 aromatic rings. The second kappa shape index (κ2) is 8.13. The van der Waals surface area contributed by atoms with Crippen LogP contribution in [-0.2, 0) is 11.2 Å². The highest BCUT2D eigenvalue weighted by Crippen LogP contribution is 2.40. The molecule has 3 rings (SSSR count). The molecule has 0 saturated heterocycles. The number of amides is 1. The number of hydrogen-bond donors (Lipinski definition) is 0. The van der Waals surface area contributed by atoms with Crippen molar-refractivity contribution in [3.8, 4) is 0 Å². The van der Waals surface area contributed by atoms with E-state index in [2.05, 4.69) is 60.0 Å². The van der Waals surface area contributed by atoms with Crippen molar-refractivity contribution >= 4 is 29.0 Å². The number of carbonyl (C=O) groups excluding carboxylic acids is 1. The summed E-state index contributed by atoms with van der Waals surface area (Å²) in [5, 5.41) is 11.7. The van der Waals surface area contributed by atoms with Gasteiger partial charge >= 0.3 is 0 Å². The molecule has 1 saturated carbocycles. The highest BCUT2D eigenvalue weighted by Gasteiger charge is 2.32. The third kappa shape index (κ3) is 4.31. The molecular formula is C19H28N4OS2. The van der Waals surface area contributed by atoms with E-state index in [0.29, 0.717) is 6.04 Å². The maximum Gasteiger partial charge on any atom is 0.236 e. The summed E-state index contributed by atoms with van der Waals surface area (Å²) in [6.07, 6.45) is 3.17. The van der Waals surface area contributed by atoms with Gasteiger partial charge < -0.3 is 9.47 Å². The van der Waals surface area contributed by atoms with Gasteiger partial charge in [0.15, 0.2) is 5.16 Å². The first-order chi connectivity index (χ1) is 12.4. The summed E-state index contributed by atoms with van der Waals surface area (Å²) in [7, 11) is 0. The minimum absolute atomic E-state index is 0.170. The zero-order valence-electron chi connectivity index (χ0n) is 16.2. The number of carbonyl (C=O) groups is 1. The summed E-state index contributed by atoms with van der Waals surface area (Å²) in [5.74, 6) is 1.19. The highest BCUT2D eigenvalue weighted by atomic mass is 32.2. The first kappa shape index (κ1) is 19.4. The zero-order chi connectivity index (χ0) is 18.8. The minimum atomic E-state index is -0.170. The molecule has 2 heterocycles. The Bertz CT molecular complexity index is 727. The quantitative estimate of drug-likeness (QED) is 0.625. The van der Waals surface area contributed by atoms with Crippen LogP contribution in [-0.4, -0.2) is 42.9 Å². The number of thiophene rings is 1. The predicted octanol–water partition coefficient (Wildman–Crippen LogP) is 4.39. The maximum atomic E-state index is 12.9. The predicted molar refractivity (Wildman–Crippen MR) is 108 cm³/mol. The molecule has 1 amide bonds. The van der Waals surface area contributed by atoms with Crippen molar-refractivity contribution in [1.82, 2.24) is 19.7 Å². The van der Waals surface area contributed by atoms with E-state index >= 15 is 0 Å². The summed E-state index contributed by atoms with van der Waals surface area (Å²) in [4.78, 5) is 16.2. The number of rotatable bonds is 8. The maximum absolute atomic E-state index is 12.9. The van der Waals surface area contributed by atoms with Gasteiger partial charge in [-0.3, -0.25) is 4.79 Å². The largest absolute Gasteiger partial charge is 0.337 e. The van der Waals surface area contributed by atoms with E-state index in [-0.39, 0.29) is 23.2 Å². The fourth-order valence-electron chi connectivity index (χ4n) is 3.30. The molecule has 1 aliphatic carbocycles. The van der Waals surface area contributed by atoms with E-state index in [1.807, 2.05) is 11.8 Å². The molecule has 0 aliphatic heterocycles. The molecule has 1 atom stereocenters. The van der Waals surface area contributed by atoms with Gasteiger partial charge in [-0.1, -0.05) is 17.8 Å². The molecule has 26 heavy (non-hydrogen) atoms. The first-order valence-corrected chi connectivity index (χ1v) is 11.1. The Morgan fingerprint density at radius 2 is 1.96 bits per heavy atom. The van der Waals surface area contributed by atoms with Gasteiger partial charge in [0.2, 0.25) is 5.91 Å². The molecule has 7 heteroatoms. The van der Waals surface area contributed by atoms with Crippen LogP contribution >= 0.6 is 23.1 Å². The Hall–Kier alpha value is -1.34. The Morgan fingerprint density at radius 1 is 1.27 bits per heavy atom. The summed E-state index contributed by atoms with van der Waals surface area (Å²) in [6, 6.07) is 5.10. The lowest BCUT2D eigenvalue weighted by Gasteiger charge is -2.32. The third-order valence-electron chi connectivity index (χ3n) is 4.56. The van der Waals surface area contributed by atoms with E-state index in [1.54, 1.807) is 23.1 Å². The number of thioether (sulfide) groups is 1. The SMILES string of the molecule is CC(Sc1nnc(Cc2cccs2)n1C1CC1)C(=O)N(C(C)C)C(C)C. The van der Waals surface area contributed by atoms with Crippen LogP contribution in [0, 0.1) is 0 Å². The van der Waals surface area contributed by atoms with Crippen molar-refractivity contribution in [2.75, 3.05) is 0 Å². The van der Waals surface area contributed by atoms with E-state index in [4.69, 9.17) is 0 Å². The Morgan fingerprint density at radius 3 is 2.50 bits per heavy atom. The second-order valence-electron chi connectivity index (χ2n) is 7.45. The summed E-state index contributed by atoms with van der Waals surface area (Å²) < 4.78 is 2.27. The van der Waals surface area contributed by atoms with E-state index in [1.165, 1.54) is 17.7 Å². The lowest BCUT2D eigenvalue weighted by atomic mass is 10.2. The zero-order valence-corrected chi connectivity index (χ0v) is 17.8. The van der Waals surface area contributed by atoms with E-state index in [9.17, 15) is 4.79 Å². The van der Waals surface area contributed by atoms with Crippen LogP contribution in [0.5, 0.6) is 0 Å². The van der Waals surface area contributed by atoms with Crippen LogP contribution in [0.3, 0.4) is 0 Å². The van der Waals surface area contributed by atoms with Gasteiger partial charge in [-0.05, 0) is 58.9 Å². The van der Waals surface area contributed by atoms with Crippen LogP contribution in [0.1, 0.15) is 64.2 Å². The molecule has 1 fully saturated rings. The average molecular weight is 393 g/mol. The van der Waals surface area contributed by atoms with Crippen LogP contribution in [0.15, 0.2) is 22.7 Å². The fourth-order valence-corrected chi connectivity index (χ4v) is 5.00. The molecule has 1 unspecified atom stereocenters. The molecule has 2 aromatic heterocycles. The van der Waals surface area contributed by atoms with E-state index < -0.39 is 0 Å². The minimum Gasteiger partial charge on any atom is -0.337 e. The molecule has 142 valence electrons. The van der Waals surface area contributed by atoms with Crippen molar-refractivity contribution in [2.24, 2.45) is 0 Å². The summed E-state index contributed by atoms with van der Waals surface area (Å²) in [6.45, 7) is 10.3. The number of hydrogen-bond acceptors (Lipinski definition) is 5. The first-order valence-electron chi connectivity index (χ1n) is 9.33. The topological polar surface area (TPSA) is 51.0 Å². The molecule has 1 aliphatic rings. The molecular weight excluding hydrogens is 364 g/mol. The standard InChI is InChI=1S/C19H28N4OS2/c1-12(2)22(13(3)4)18(24)14(5)26-19-21-20-17(23(19)15-8-9-15)11-16-7-6-10-25-16/h6-7,10,12-15H,8-9,11H2,1-5H3. The summed E-state index contributed by atoms with van der Waals surface area (Å²) in [5.41, 5.74) is 0. The lowest BCUT2D eigenvalue weighted by Crippen LogP contribution is -2.45. The van der Waals surface area contributed by atoms with Crippen molar-refractivity contribution in [1.29, 1.82) is 0 Å². The van der Waals surface area contributed by atoms with Gasteiger partial charge in [0, 0.05) is 29.4 Å². The van der Waals surface area contributed by atoms with Gasteiger partial charge in [-0.15, -0.1) is 21.5 Å². The Kier molecular flexibility index (Phi) is 6.07. The van der Waals surface area contributed by atoms with Crippen LogP contribution in [0.25, 0.3) is 0 Å². The number of nitrogens with zero attached hydrogens (tertiary/aromatic N) is 4. The smallest absolute Gasteiger partial charge is 0.236 e. The molecule has 0 bridgehead atoms. The molecule has 0 spiro atoms. The third-order valence-corrected chi connectivity index (χ3v) is 6.48. The second-order valence-corrected chi connectivity index (χ2v) is 9.79. The highest BCUT2D eigenvalue weighted by molar-refractivity contribution is 8.00. The van der Waals surface area contributed by atoms with Crippen molar-refractivity contribution in [3.05, 3.63) is 28.2 Å². The monoisotopic (exact) mass is 392 g/mol. The van der Waals surface area contributed by atoms with Gasteiger partial charge in [-0.25, -0.2) is 0 Å².